The Morgan fingerprint density at radius 2 is 1.72 bits per heavy atom. The number of rotatable bonds is 5. The van der Waals surface area contributed by atoms with E-state index in [2.05, 4.69) is 15.3 Å². The van der Waals surface area contributed by atoms with Crippen molar-refractivity contribution in [2.45, 2.75) is 62.4 Å². The van der Waals surface area contributed by atoms with Crippen LogP contribution in [0.5, 0.6) is 0 Å². The summed E-state index contributed by atoms with van der Waals surface area (Å²) in [7, 11) is 0. The molecule has 1 fully saturated rings. The number of hydrogen-bond acceptors (Lipinski definition) is 4. The number of aryl methyl sites for hydroxylation is 2. The number of nitrogens with zero attached hydrogens (tertiary/aromatic N) is 2. The molecule has 1 aromatic heterocycles. The highest BCUT2D eigenvalue weighted by Crippen LogP contribution is 2.34. The van der Waals surface area contributed by atoms with Crippen molar-refractivity contribution < 1.29 is 4.79 Å². The highest BCUT2D eigenvalue weighted by molar-refractivity contribution is 8.00. The summed E-state index contributed by atoms with van der Waals surface area (Å²) in [4.78, 5) is 22.0. The third kappa shape index (κ3) is 5.05. The van der Waals surface area contributed by atoms with Crippen LogP contribution >= 0.6 is 11.8 Å². The Morgan fingerprint density at radius 1 is 1.08 bits per heavy atom. The first-order valence-corrected chi connectivity index (χ1v) is 9.84. The van der Waals surface area contributed by atoms with E-state index in [0.717, 1.165) is 29.8 Å². The van der Waals surface area contributed by atoms with E-state index >= 15 is 0 Å². The van der Waals surface area contributed by atoms with Crippen LogP contribution in [0.2, 0.25) is 0 Å². The molecule has 5 heteroatoms. The second-order valence-electron chi connectivity index (χ2n) is 6.69. The van der Waals surface area contributed by atoms with Crippen LogP contribution < -0.4 is 5.32 Å². The predicted octanol–water partition coefficient (Wildman–Crippen LogP) is 4.38. The Morgan fingerprint density at radius 3 is 2.36 bits per heavy atom. The fourth-order valence-electron chi connectivity index (χ4n) is 3.28. The lowest BCUT2D eigenvalue weighted by Gasteiger charge is -2.25. The van der Waals surface area contributed by atoms with Crippen LogP contribution in [0.3, 0.4) is 0 Å². The van der Waals surface area contributed by atoms with E-state index in [1.165, 1.54) is 31.0 Å². The van der Waals surface area contributed by atoms with Crippen molar-refractivity contribution in [2.75, 3.05) is 0 Å². The van der Waals surface area contributed by atoms with E-state index in [0.29, 0.717) is 11.2 Å². The standard InChI is InChI=1S/C20H25N3OS/c1-14-13-15(2)22-20(21-14)25-18(16-9-5-3-6-10-16)19(24)23-17-11-7-4-8-12-17/h3,5-6,9-10,13,17-18H,4,7-8,11-12H2,1-2H3,(H,23,24)/t18-/m1/s1. The van der Waals surface area contributed by atoms with Crippen molar-refractivity contribution in [1.82, 2.24) is 15.3 Å². The lowest BCUT2D eigenvalue weighted by Crippen LogP contribution is -2.38. The van der Waals surface area contributed by atoms with Gasteiger partial charge in [-0.1, -0.05) is 61.4 Å². The number of carbonyl (C=O) groups is 1. The minimum Gasteiger partial charge on any atom is -0.352 e. The largest absolute Gasteiger partial charge is 0.352 e. The first-order valence-electron chi connectivity index (χ1n) is 8.96. The maximum absolute atomic E-state index is 13.0. The molecule has 1 N–H and O–H groups in total. The molecule has 2 aromatic rings. The summed E-state index contributed by atoms with van der Waals surface area (Å²) in [6, 6.07) is 12.2. The van der Waals surface area contributed by atoms with E-state index in [1.54, 1.807) is 0 Å². The van der Waals surface area contributed by atoms with Crippen LogP contribution in [-0.2, 0) is 4.79 Å². The van der Waals surface area contributed by atoms with Crippen molar-refractivity contribution in [3.63, 3.8) is 0 Å². The molecule has 0 saturated heterocycles. The molecule has 25 heavy (non-hydrogen) atoms. The summed E-state index contributed by atoms with van der Waals surface area (Å²) in [5, 5.41) is 3.58. The van der Waals surface area contributed by atoms with Crippen molar-refractivity contribution in [3.8, 4) is 0 Å². The van der Waals surface area contributed by atoms with Crippen molar-refractivity contribution >= 4 is 17.7 Å². The summed E-state index contributed by atoms with van der Waals surface area (Å²) in [6.07, 6.45) is 5.85. The van der Waals surface area contributed by atoms with Crippen molar-refractivity contribution in [3.05, 3.63) is 53.3 Å². The minimum absolute atomic E-state index is 0.0610. The molecule has 1 saturated carbocycles. The van der Waals surface area contributed by atoms with Gasteiger partial charge in [-0.2, -0.15) is 0 Å². The highest BCUT2D eigenvalue weighted by atomic mass is 32.2. The first-order chi connectivity index (χ1) is 12.1. The molecule has 1 amide bonds. The van der Waals surface area contributed by atoms with E-state index < -0.39 is 0 Å². The number of hydrogen-bond donors (Lipinski definition) is 1. The Kier molecular flexibility index (Phi) is 6.08. The zero-order valence-electron chi connectivity index (χ0n) is 14.9. The Labute approximate surface area is 153 Å². The molecule has 132 valence electrons. The molecule has 1 atom stereocenters. The molecule has 1 aromatic carbocycles. The third-order valence-electron chi connectivity index (χ3n) is 4.48. The smallest absolute Gasteiger partial charge is 0.238 e. The van der Waals surface area contributed by atoms with Gasteiger partial charge in [0.05, 0.1) is 0 Å². The molecule has 0 spiro atoms. The zero-order chi connectivity index (χ0) is 17.6. The minimum atomic E-state index is -0.329. The fraction of sp³-hybridized carbons (Fsp3) is 0.450. The van der Waals surface area contributed by atoms with Crippen LogP contribution in [0.25, 0.3) is 0 Å². The molecule has 1 heterocycles. The van der Waals surface area contributed by atoms with Gasteiger partial charge in [-0.25, -0.2) is 9.97 Å². The van der Waals surface area contributed by atoms with Crippen LogP contribution in [0.15, 0.2) is 41.6 Å². The second-order valence-corrected chi connectivity index (χ2v) is 7.76. The monoisotopic (exact) mass is 355 g/mol. The van der Waals surface area contributed by atoms with E-state index in [4.69, 9.17) is 0 Å². The maximum Gasteiger partial charge on any atom is 0.238 e. The van der Waals surface area contributed by atoms with Crippen molar-refractivity contribution in [1.29, 1.82) is 0 Å². The molecule has 1 aliphatic carbocycles. The van der Waals surface area contributed by atoms with Gasteiger partial charge < -0.3 is 5.32 Å². The number of nitrogens with one attached hydrogen (secondary N) is 1. The molecular formula is C20H25N3OS. The van der Waals surface area contributed by atoms with Crippen LogP contribution in [0, 0.1) is 13.8 Å². The first kappa shape index (κ1) is 17.9. The Bertz CT molecular complexity index is 694. The summed E-state index contributed by atoms with van der Waals surface area (Å²) in [6.45, 7) is 3.91. The van der Waals surface area contributed by atoms with E-state index in [-0.39, 0.29) is 11.2 Å². The summed E-state index contributed by atoms with van der Waals surface area (Å²) >= 11 is 1.43. The van der Waals surface area contributed by atoms with Crippen molar-refractivity contribution in [2.24, 2.45) is 0 Å². The summed E-state index contributed by atoms with van der Waals surface area (Å²) in [5.74, 6) is 0.0610. The van der Waals surface area contributed by atoms with Crippen LogP contribution in [0.1, 0.15) is 54.3 Å². The van der Waals surface area contributed by atoms with Gasteiger partial charge in [0.2, 0.25) is 5.91 Å². The number of thioether (sulfide) groups is 1. The molecule has 0 unspecified atom stereocenters. The molecular weight excluding hydrogens is 330 g/mol. The second kappa shape index (κ2) is 8.48. The van der Waals surface area contributed by atoms with Gasteiger partial charge >= 0.3 is 0 Å². The third-order valence-corrected chi connectivity index (χ3v) is 5.59. The summed E-state index contributed by atoms with van der Waals surface area (Å²) in [5.41, 5.74) is 2.84. The quantitative estimate of drug-likeness (QED) is 0.639. The highest BCUT2D eigenvalue weighted by Gasteiger charge is 2.26. The van der Waals surface area contributed by atoms with E-state index in [9.17, 15) is 4.79 Å². The Hall–Kier alpha value is -1.88. The molecule has 0 aliphatic heterocycles. The van der Waals surface area contributed by atoms with Gasteiger partial charge in [0.25, 0.3) is 0 Å². The summed E-state index contributed by atoms with van der Waals surface area (Å²) < 4.78 is 0. The van der Waals surface area contributed by atoms with Gasteiger partial charge in [-0.15, -0.1) is 0 Å². The fourth-order valence-corrected chi connectivity index (χ4v) is 4.35. The number of benzene rings is 1. The normalized spacial score (nSPS) is 16.4. The van der Waals surface area contributed by atoms with E-state index in [1.807, 2.05) is 50.2 Å². The van der Waals surface area contributed by atoms with Gasteiger partial charge in [0.15, 0.2) is 5.16 Å². The van der Waals surface area contributed by atoms with Gasteiger partial charge in [0.1, 0.15) is 5.25 Å². The average Bonchev–Trinajstić information content (AvgIpc) is 2.60. The average molecular weight is 356 g/mol. The number of carbonyl (C=O) groups excluding carboxylic acids is 1. The Balaban J connectivity index is 1.80. The van der Waals surface area contributed by atoms with Gasteiger partial charge in [-0.05, 0) is 38.3 Å². The molecule has 0 radical (unpaired) electrons. The van der Waals surface area contributed by atoms with Gasteiger partial charge in [-0.3, -0.25) is 4.79 Å². The zero-order valence-corrected chi connectivity index (χ0v) is 15.7. The van der Waals surface area contributed by atoms with Crippen LogP contribution in [-0.4, -0.2) is 21.9 Å². The molecule has 1 aliphatic rings. The molecule has 3 rings (SSSR count). The molecule has 4 nitrogen and oxygen atoms in total. The maximum atomic E-state index is 13.0. The predicted molar refractivity (Wildman–Crippen MR) is 102 cm³/mol. The SMILES string of the molecule is Cc1cc(C)nc(S[C@@H](C(=O)NC2CCCCC2)c2ccccc2)n1. The number of aromatic nitrogens is 2. The number of amides is 1. The lowest BCUT2D eigenvalue weighted by atomic mass is 9.95. The lowest BCUT2D eigenvalue weighted by molar-refractivity contribution is -0.121. The van der Waals surface area contributed by atoms with Gasteiger partial charge in [0, 0.05) is 17.4 Å². The van der Waals surface area contributed by atoms with Crippen LogP contribution in [0.4, 0.5) is 0 Å². The molecule has 0 bridgehead atoms. The topological polar surface area (TPSA) is 54.9 Å².